The summed E-state index contributed by atoms with van der Waals surface area (Å²) >= 11 is 11.9. The van der Waals surface area contributed by atoms with Gasteiger partial charge in [-0.2, -0.15) is 5.10 Å². The van der Waals surface area contributed by atoms with Gasteiger partial charge in [0.25, 0.3) is 0 Å². The molecule has 0 fully saturated rings. The van der Waals surface area contributed by atoms with Gasteiger partial charge in [-0.05, 0) is 36.4 Å². The molecule has 3 aromatic carbocycles. The average Bonchev–Trinajstić information content (AvgIpc) is 2.65. The number of carbonyl (C=O) groups is 1. The smallest absolute Gasteiger partial charge is 0.337 e. The zero-order valence-electron chi connectivity index (χ0n) is 13.5. The highest BCUT2D eigenvalue weighted by Crippen LogP contribution is 2.19. The summed E-state index contributed by atoms with van der Waals surface area (Å²) in [6.45, 7) is 0. The Morgan fingerprint density at radius 3 is 1.81 bits per heavy atom. The molecule has 0 aliphatic rings. The largest absolute Gasteiger partial charge is 0.478 e. The highest BCUT2D eigenvalue weighted by molar-refractivity contribution is 6.31. The van der Waals surface area contributed by atoms with E-state index in [1.807, 2.05) is 24.3 Å². The number of nitrogens with zero attached hydrogens (tertiary/aromatic N) is 1. The monoisotopic (exact) mass is 384 g/mol. The topological polar surface area (TPSA) is 61.7 Å². The van der Waals surface area contributed by atoms with E-state index >= 15 is 0 Å². The van der Waals surface area contributed by atoms with Crippen LogP contribution in [0.4, 0.5) is 5.69 Å². The molecule has 6 heteroatoms. The van der Waals surface area contributed by atoms with Crippen molar-refractivity contribution in [3.05, 3.63) is 99.5 Å². The number of halogens is 2. The van der Waals surface area contributed by atoms with Gasteiger partial charge in [0.15, 0.2) is 0 Å². The maximum Gasteiger partial charge on any atom is 0.337 e. The van der Waals surface area contributed by atoms with Crippen molar-refractivity contribution in [3.8, 4) is 0 Å². The molecule has 0 radical (unpaired) electrons. The molecular weight excluding hydrogens is 371 g/mol. The summed E-state index contributed by atoms with van der Waals surface area (Å²) in [5.41, 5.74) is 5.71. The van der Waals surface area contributed by atoms with E-state index in [0.29, 0.717) is 21.4 Å². The van der Waals surface area contributed by atoms with Gasteiger partial charge in [0, 0.05) is 21.2 Å². The zero-order valence-corrected chi connectivity index (χ0v) is 15.0. The highest BCUT2D eigenvalue weighted by Gasteiger charge is 2.11. The second kappa shape index (κ2) is 8.04. The van der Waals surface area contributed by atoms with Gasteiger partial charge >= 0.3 is 5.97 Å². The first-order chi connectivity index (χ1) is 12.5. The van der Waals surface area contributed by atoms with E-state index < -0.39 is 5.97 Å². The SMILES string of the molecule is O=C(O)c1ccccc1NN=C(c1ccc(Cl)cc1)c1ccc(Cl)cc1. The van der Waals surface area contributed by atoms with E-state index in [2.05, 4.69) is 10.5 Å². The molecule has 0 unspecified atom stereocenters. The minimum atomic E-state index is -1.03. The summed E-state index contributed by atoms with van der Waals surface area (Å²) in [4.78, 5) is 11.4. The lowest BCUT2D eigenvalue weighted by atomic mass is 10.0. The molecule has 0 spiro atoms. The van der Waals surface area contributed by atoms with Crippen LogP contribution >= 0.6 is 23.2 Å². The van der Waals surface area contributed by atoms with Crippen molar-refractivity contribution in [3.63, 3.8) is 0 Å². The van der Waals surface area contributed by atoms with Crippen molar-refractivity contribution >= 4 is 40.6 Å². The van der Waals surface area contributed by atoms with Crippen molar-refractivity contribution in [2.45, 2.75) is 0 Å². The summed E-state index contributed by atoms with van der Waals surface area (Å²) < 4.78 is 0. The Morgan fingerprint density at radius 1 is 0.808 bits per heavy atom. The lowest BCUT2D eigenvalue weighted by Gasteiger charge is -2.10. The molecule has 0 aliphatic heterocycles. The minimum Gasteiger partial charge on any atom is -0.478 e. The summed E-state index contributed by atoms with van der Waals surface area (Å²) in [6, 6.07) is 21.1. The van der Waals surface area contributed by atoms with E-state index in [1.54, 1.807) is 42.5 Å². The molecule has 4 nitrogen and oxygen atoms in total. The molecule has 0 amide bonds. The molecule has 3 aromatic rings. The number of hydrogen-bond donors (Lipinski definition) is 2. The lowest BCUT2D eigenvalue weighted by molar-refractivity contribution is 0.0698. The van der Waals surface area contributed by atoms with Crippen LogP contribution in [0.5, 0.6) is 0 Å². The van der Waals surface area contributed by atoms with Crippen LogP contribution in [-0.2, 0) is 0 Å². The van der Waals surface area contributed by atoms with Crippen LogP contribution in [0.25, 0.3) is 0 Å². The van der Waals surface area contributed by atoms with Crippen LogP contribution < -0.4 is 5.43 Å². The fourth-order valence-corrected chi connectivity index (χ4v) is 2.65. The number of hydrogen-bond acceptors (Lipinski definition) is 3. The molecule has 26 heavy (non-hydrogen) atoms. The fraction of sp³-hybridized carbons (Fsp3) is 0. The molecule has 2 N–H and O–H groups in total. The van der Waals surface area contributed by atoms with E-state index in [1.165, 1.54) is 6.07 Å². The van der Waals surface area contributed by atoms with Gasteiger partial charge in [-0.15, -0.1) is 0 Å². The van der Waals surface area contributed by atoms with Gasteiger partial charge in [0.1, 0.15) is 0 Å². The van der Waals surface area contributed by atoms with Crippen LogP contribution in [-0.4, -0.2) is 16.8 Å². The van der Waals surface area contributed by atoms with Crippen LogP contribution in [0, 0.1) is 0 Å². The number of rotatable bonds is 5. The Hall–Kier alpha value is -2.82. The Morgan fingerprint density at radius 2 is 1.31 bits per heavy atom. The van der Waals surface area contributed by atoms with Gasteiger partial charge in [-0.3, -0.25) is 5.43 Å². The first kappa shape index (κ1) is 18.0. The fourth-order valence-electron chi connectivity index (χ4n) is 2.39. The molecule has 3 rings (SSSR count). The predicted octanol–water partition coefficient (Wildman–Crippen LogP) is 5.56. The Bertz CT molecular complexity index is 905. The molecular formula is C20H14Cl2N2O2. The Kier molecular flexibility index (Phi) is 5.56. The first-order valence-corrected chi connectivity index (χ1v) is 8.48. The van der Waals surface area contributed by atoms with Crippen molar-refractivity contribution in [1.82, 2.24) is 0 Å². The van der Waals surface area contributed by atoms with Gasteiger partial charge < -0.3 is 5.11 Å². The number of benzene rings is 3. The Balaban J connectivity index is 2.03. The van der Waals surface area contributed by atoms with Crippen LogP contribution in [0.3, 0.4) is 0 Å². The summed E-state index contributed by atoms with van der Waals surface area (Å²) in [5, 5.41) is 15.0. The van der Waals surface area contributed by atoms with Crippen molar-refractivity contribution in [2.75, 3.05) is 5.43 Å². The van der Waals surface area contributed by atoms with E-state index in [0.717, 1.165) is 11.1 Å². The number of nitrogens with one attached hydrogen (secondary N) is 1. The van der Waals surface area contributed by atoms with Crippen molar-refractivity contribution in [1.29, 1.82) is 0 Å². The van der Waals surface area contributed by atoms with Crippen LogP contribution in [0.15, 0.2) is 77.9 Å². The van der Waals surface area contributed by atoms with Gasteiger partial charge in [0.05, 0.1) is 17.0 Å². The molecule has 0 heterocycles. The number of para-hydroxylation sites is 1. The predicted molar refractivity (Wildman–Crippen MR) is 106 cm³/mol. The van der Waals surface area contributed by atoms with E-state index in [-0.39, 0.29) is 5.56 Å². The maximum absolute atomic E-state index is 11.4. The third-order valence-corrected chi connectivity index (χ3v) is 4.18. The zero-order chi connectivity index (χ0) is 18.5. The number of anilines is 1. The van der Waals surface area contributed by atoms with Crippen molar-refractivity contribution in [2.24, 2.45) is 5.10 Å². The van der Waals surface area contributed by atoms with Gasteiger partial charge in [0.2, 0.25) is 0 Å². The Labute approximate surface area is 160 Å². The van der Waals surface area contributed by atoms with E-state index in [9.17, 15) is 9.90 Å². The third kappa shape index (κ3) is 4.23. The van der Waals surface area contributed by atoms with Crippen LogP contribution in [0.2, 0.25) is 10.0 Å². The van der Waals surface area contributed by atoms with E-state index in [4.69, 9.17) is 23.2 Å². The number of carboxylic acid groups (broad SMARTS) is 1. The molecule has 0 aliphatic carbocycles. The summed E-state index contributed by atoms with van der Waals surface area (Å²) in [6.07, 6.45) is 0. The molecule has 0 aromatic heterocycles. The molecule has 130 valence electrons. The van der Waals surface area contributed by atoms with Crippen LogP contribution in [0.1, 0.15) is 21.5 Å². The quantitative estimate of drug-likeness (QED) is 0.447. The highest BCUT2D eigenvalue weighted by atomic mass is 35.5. The average molecular weight is 385 g/mol. The van der Waals surface area contributed by atoms with Gasteiger partial charge in [-0.1, -0.05) is 59.6 Å². The van der Waals surface area contributed by atoms with Gasteiger partial charge in [-0.25, -0.2) is 4.79 Å². The second-order valence-corrected chi connectivity index (χ2v) is 6.31. The molecule has 0 bridgehead atoms. The number of hydrazone groups is 1. The lowest BCUT2D eigenvalue weighted by Crippen LogP contribution is -2.08. The first-order valence-electron chi connectivity index (χ1n) is 7.72. The number of aromatic carboxylic acids is 1. The summed E-state index contributed by atoms with van der Waals surface area (Å²) in [5.74, 6) is -1.03. The standard InChI is InChI=1S/C20H14Cl2N2O2/c21-15-9-5-13(6-10-15)19(14-7-11-16(22)12-8-14)24-23-18-4-2-1-3-17(18)20(25)26/h1-12,23H,(H,25,26). The normalized spacial score (nSPS) is 10.2. The minimum absolute atomic E-state index is 0.141. The second-order valence-electron chi connectivity index (χ2n) is 5.44. The molecule has 0 saturated carbocycles. The summed E-state index contributed by atoms with van der Waals surface area (Å²) in [7, 11) is 0. The number of carboxylic acids is 1. The third-order valence-electron chi connectivity index (χ3n) is 3.68. The maximum atomic E-state index is 11.4. The molecule has 0 atom stereocenters. The van der Waals surface area contributed by atoms with Crippen molar-refractivity contribution < 1.29 is 9.90 Å². The molecule has 0 saturated heterocycles.